The fourth-order valence-electron chi connectivity index (χ4n) is 2.15. The Labute approximate surface area is 132 Å². The fourth-order valence-corrected chi connectivity index (χ4v) is 3.06. The van der Waals surface area contributed by atoms with Gasteiger partial charge >= 0.3 is 5.97 Å². The van der Waals surface area contributed by atoms with Gasteiger partial charge in [0, 0.05) is 15.3 Å². The molecule has 0 aliphatic carbocycles. The summed E-state index contributed by atoms with van der Waals surface area (Å²) < 4.78 is 10.9. The number of hydrogen-bond donors (Lipinski definition) is 0. The minimum atomic E-state index is -0.346. The van der Waals surface area contributed by atoms with E-state index in [1.807, 2.05) is 50.2 Å². The molecule has 112 valence electrons. The number of benzene rings is 1. The van der Waals surface area contributed by atoms with E-state index in [9.17, 15) is 4.79 Å². The average Bonchev–Trinajstić information content (AvgIpc) is 3.12. The molecule has 3 aromatic rings. The van der Waals surface area contributed by atoms with E-state index in [0.717, 1.165) is 15.3 Å². The van der Waals surface area contributed by atoms with Crippen molar-refractivity contribution in [3.63, 3.8) is 0 Å². The van der Waals surface area contributed by atoms with E-state index in [2.05, 4.69) is 4.98 Å². The molecule has 0 atom stereocenters. The molecule has 0 N–H and O–H groups in total. The SMILES string of the molecule is Cc1cc(C(=O)OCc2ncc(-c3ccccc3)o2)c(C)s1. The first-order valence-corrected chi connectivity index (χ1v) is 7.69. The van der Waals surface area contributed by atoms with Crippen LogP contribution in [0, 0.1) is 13.8 Å². The van der Waals surface area contributed by atoms with Gasteiger partial charge in [-0.2, -0.15) is 0 Å². The van der Waals surface area contributed by atoms with Crippen LogP contribution in [0.4, 0.5) is 0 Å². The van der Waals surface area contributed by atoms with E-state index in [-0.39, 0.29) is 12.6 Å². The number of thiophene rings is 1. The number of rotatable bonds is 4. The van der Waals surface area contributed by atoms with Gasteiger partial charge in [-0.1, -0.05) is 30.3 Å². The molecule has 3 rings (SSSR count). The molecule has 4 nitrogen and oxygen atoms in total. The molecule has 0 unspecified atom stereocenters. The van der Waals surface area contributed by atoms with Gasteiger partial charge in [0.05, 0.1) is 11.8 Å². The lowest BCUT2D eigenvalue weighted by atomic mass is 10.2. The second-order valence-electron chi connectivity index (χ2n) is 4.89. The summed E-state index contributed by atoms with van der Waals surface area (Å²) in [6.07, 6.45) is 1.64. The van der Waals surface area contributed by atoms with Crippen molar-refractivity contribution in [1.29, 1.82) is 0 Å². The van der Waals surface area contributed by atoms with Crippen LogP contribution in [0.2, 0.25) is 0 Å². The lowest BCUT2D eigenvalue weighted by Crippen LogP contribution is -2.05. The zero-order valence-corrected chi connectivity index (χ0v) is 13.1. The van der Waals surface area contributed by atoms with Crippen LogP contribution in [0.5, 0.6) is 0 Å². The van der Waals surface area contributed by atoms with E-state index < -0.39 is 0 Å². The van der Waals surface area contributed by atoms with Gasteiger partial charge in [-0.05, 0) is 19.9 Å². The predicted molar refractivity (Wildman–Crippen MR) is 84.9 cm³/mol. The van der Waals surface area contributed by atoms with Crippen LogP contribution in [0.3, 0.4) is 0 Å². The number of nitrogens with zero attached hydrogens (tertiary/aromatic N) is 1. The Morgan fingerprint density at radius 1 is 1.27 bits per heavy atom. The van der Waals surface area contributed by atoms with Crippen LogP contribution >= 0.6 is 11.3 Å². The molecule has 22 heavy (non-hydrogen) atoms. The van der Waals surface area contributed by atoms with Crippen molar-refractivity contribution >= 4 is 17.3 Å². The van der Waals surface area contributed by atoms with Gasteiger partial charge in [0.2, 0.25) is 5.89 Å². The quantitative estimate of drug-likeness (QED) is 0.671. The number of aromatic nitrogens is 1. The van der Waals surface area contributed by atoms with Gasteiger partial charge in [-0.25, -0.2) is 9.78 Å². The molecule has 0 saturated heterocycles. The number of carbonyl (C=O) groups is 1. The molecule has 2 heterocycles. The summed E-state index contributed by atoms with van der Waals surface area (Å²) in [6.45, 7) is 3.90. The zero-order valence-electron chi connectivity index (χ0n) is 12.3. The van der Waals surface area contributed by atoms with Crippen LogP contribution in [-0.4, -0.2) is 11.0 Å². The van der Waals surface area contributed by atoms with Crippen LogP contribution in [-0.2, 0) is 11.3 Å². The van der Waals surface area contributed by atoms with Crippen molar-refractivity contribution in [2.75, 3.05) is 0 Å². The van der Waals surface area contributed by atoms with Crippen LogP contribution < -0.4 is 0 Å². The van der Waals surface area contributed by atoms with Gasteiger partial charge in [0.15, 0.2) is 12.4 Å². The summed E-state index contributed by atoms with van der Waals surface area (Å²) in [5.41, 5.74) is 1.55. The summed E-state index contributed by atoms with van der Waals surface area (Å²) in [6, 6.07) is 11.5. The molecule has 5 heteroatoms. The van der Waals surface area contributed by atoms with Gasteiger partial charge < -0.3 is 9.15 Å². The van der Waals surface area contributed by atoms with Gasteiger partial charge in [0.1, 0.15) is 0 Å². The fraction of sp³-hybridized carbons (Fsp3) is 0.176. The number of aryl methyl sites for hydroxylation is 2. The highest BCUT2D eigenvalue weighted by Crippen LogP contribution is 2.23. The third-order valence-corrected chi connectivity index (χ3v) is 4.17. The average molecular weight is 313 g/mol. The van der Waals surface area contributed by atoms with Crippen LogP contribution in [0.25, 0.3) is 11.3 Å². The second kappa shape index (κ2) is 6.15. The van der Waals surface area contributed by atoms with Crippen molar-refractivity contribution in [2.24, 2.45) is 0 Å². The number of carbonyl (C=O) groups excluding carboxylic acids is 1. The molecule has 1 aromatic carbocycles. The molecule has 0 radical (unpaired) electrons. The number of esters is 1. The monoisotopic (exact) mass is 313 g/mol. The van der Waals surface area contributed by atoms with E-state index in [1.165, 1.54) is 0 Å². The van der Waals surface area contributed by atoms with Crippen molar-refractivity contribution < 1.29 is 13.9 Å². The lowest BCUT2D eigenvalue weighted by Gasteiger charge is -2.01. The normalized spacial score (nSPS) is 10.6. The maximum Gasteiger partial charge on any atom is 0.339 e. The van der Waals surface area contributed by atoms with Gasteiger partial charge in [0.25, 0.3) is 0 Å². The van der Waals surface area contributed by atoms with Crippen LogP contribution in [0.15, 0.2) is 47.0 Å². The molecule has 0 aliphatic rings. The first kappa shape index (κ1) is 14.5. The molecule has 0 amide bonds. The van der Waals surface area contributed by atoms with E-state index in [0.29, 0.717) is 17.2 Å². The molecular weight excluding hydrogens is 298 g/mol. The Balaban J connectivity index is 1.66. The highest BCUT2D eigenvalue weighted by atomic mass is 32.1. The topological polar surface area (TPSA) is 52.3 Å². The van der Waals surface area contributed by atoms with Gasteiger partial charge in [-0.15, -0.1) is 11.3 Å². The molecule has 0 aliphatic heterocycles. The summed E-state index contributed by atoms with van der Waals surface area (Å²) in [5.74, 6) is 0.701. The molecule has 0 saturated carbocycles. The molecule has 0 spiro atoms. The number of oxazole rings is 1. The molecule has 0 fully saturated rings. The maximum absolute atomic E-state index is 12.0. The summed E-state index contributed by atoms with van der Waals surface area (Å²) in [7, 11) is 0. The standard InChI is InChI=1S/C17H15NO3S/c1-11-8-14(12(2)22-11)17(19)20-10-16-18-9-15(21-16)13-6-4-3-5-7-13/h3-9H,10H2,1-2H3. The first-order chi connectivity index (χ1) is 10.6. The largest absolute Gasteiger partial charge is 0.452 e. The highest BCUT2D eigenvalue weighted by Gasteiger charge is 2.15. The van der Waals surface area contributed by atoms with Crippen molar-refractivity contribution in [2.45, 2.75) is 20.5 Å². The number of hydrogen-bond acceptors (Lipinski definition) is 5. The molecular formula is C17H15NO3S. The Kier molecular flexibility index (Phi) is 4.06. The van der Waals surface area contributed by atoms with Crippen LogP contribution in [0.1, 0.15) is 26.0 Å². The minimum Gasteiger partial charge on any atom is -0.452 e. The Bertz CT molecular complexity index is 789. The summed E-state index contributed by atoms with van der Waals surface area (Å²) >= 11 is 1.58. The van der Waals surface area contributed by atoms with E-state index in [1.54, 1.807) is 17.5 Å². The first-order valence-electron chi connectivity index (χ1n) is 6.88. The minimum absolute atomic E-state index is 0.0278. The Morgan fingerprint density at radius 2 is 2.05 bits per heavy atom. The van der Waals surface area contributed by atoms with E-state index >= 15 is 0 Å². The Hall–Kier alpha value is -2.40. The summed E-state index contributed by atoms with van der Waals surface area (Å²) in [5, 5.41) is 0. The third-order valence-electron chi connectivity index (χ3n) is 3.20. The molecule has 2 aromatic heterocycles. The highest BCUT2D eigenvalue weighted by molar-refractivity contribution is 7.12. The van der Waals surface area contributed by atoms with Crippen molar-refractivity contribution in [3.05, 3.63) is 63.8 Å². The lowest BCUT2D eigenvalue weighted by molar-refractivity contribution is 0.0439. The smallest absolute Gasteiger partial charge is 0.339 e. The summed E-state index contributed by atoms with van der Waals surface area (Å²) in [4.78, 5) is 18.2. The Morgan fingerprint density at radius 3 is 2.73 bits per heavy atom. The maximum atomic E-state index is 12.0. The third kappa shape index (κ3) is 3.09. The van der Waals surface area contributed by atoms with Crippen molar-refractivity contribution in [3.8, 4) is 11.3 Å². The van der Waals surface area contributed by atoms with E-state index in [4.69, 9.17) is 9.15 Å². The number of ether oxygens (including phenoxy) is 1. The predicted octanol–water partition coefficient (Wildman–Crippen LogP) is 4.38. The molecule has 0 bridgehead atoms. The second-order valence-corrected chi connectivity index (χ2v) is 6.35. The van der Waals surface area contributed by atoms with Crippen molar-refractivity contribution in [1.82, 2.24) is 4.98 Å². The van der Waals surface area contributed by atoms with Gasteiger partial charge in [-0.3, -0.25) is 0 Å². The zero-order chi connectivity index (χ0) is 15.5.